The van der Waals surface area contributed by atoms with Crippen molar-refractivity contribution in [1.29, 1.82) is 0 Å². The summed E-state index contributed by atoms with van der Waals surface area (Å²) in [7, 11) is 0. The van der Waals surface area contributed by atoms with Gasteiger partial charge in [0.2, 0.25) is 0 Å². The second kappa shape index (κ2) is 15.9. The maximum absolute atomic E-state index is 14.6. The highest BCUT2D eigenvalue weighted by Gasteiger charge is 2.44. The molecule has 0 heterocycles. The Hall–Kier alpha value is -4.70. The van der Waals surface area contributed by atoms with E-state index in [1.54, 1.807) is 48.5 Å². The number of hydrogen-bond donors (Lipinski definition) is 6. The Balaban J connectivity index is 1.29. The first-order valence-electron chi connectivity index (χ1n) is 16.5. The van der Waals surface area contributed by atoms with E-state index in [1.165, 1.54) is 0 Å². The Labute approximate surface area is 295 Å². The van der Waals surface area contributed by atoms with E-state index >= 15 is 0 Å². The summed E-state index contributed by atoms with van der Waals surface area (Å²) in [6, 6.07) is 17.0. The third kappa shape index (κ3) is 8.02. The van der Waals surface area contributed by atoms with Crippen molar-refractivity contribution in [2.45, 2.75) is 74.8 Å². The zero-order chi connectivity index (χ0) is 37.1. The summed E-state index contributed by atoms with van der Waals surface area (Å²) < 4.78 is 67.7. The van der Waals surface area contributed by atoms with Crippen LogP contribution in [0.1, 0.15) is 45.5 Å². The second-order valence-electron chi connectivity index (χ2n) is 12.8. The summed E-state index contributed by atoms with van der Waals surface area (Å²) in [6.45, 7) is -1.41. The summed E-state index contributed by atoms with van der Waals surface area (Å²) in [5.41, 5.74) is 2.25. The zero-order valence-corrected chi connectivity index (χ0v) is 27.5. The molecule has 6 N–H and O–H groups in total. The summed E-state index contributed by atoms with van der Waals surface area (Å²) in [4.78, 5) is 27.7. The van der Waals surface area contributed by atoms with Crippen LogP contribution in [0.15, 0.2) is 84.9 Å². The van der Waals surface area contributed by atoms with Gasteiger partial charge in [-0.05, 0) is 34.4 Å². The van der Waals surface area contributed by atoms with Crippen LogP contribution in [0.25, 0.3) is 0 Å². The van der Waals surface area contributed by atoms with Crippen LogP contribution in [0.5, 0.6) is 0 Å². The normalized spacial score (nSPS) is 21.5. The molecule has 52 heavy (non-hydrogen) atoms. The fraction of sp³-hybridized carbons (Fsp3) is 0.316. The first-order chi connectivity index (χ1) is 24.9. The molecule has 0 bridgehead atoms. The third-order valence-corrected chi connectivity index (χ3v) is 9.36. The van der Waals surface area contributed by atoms with Crippen LogP contribution in [0.4, 0.5) is 17.6 Å². The number of halogens is 4. The number of amides is 2. The molecule has 0 aromatic heterocycles. The van der Waals surface area contributed by atoms with E-state index in [-0.39, 0.29) is 24.0 Å². The van der Waals surface area contributed by atoms with Gasteiger partial charge >= 0.3 is 0 Å². The minimum Gasteiger partial charge on any atom is -0.390 e. The molecule has 274 valence electrons. The maximum Gasteiger partial charge on any atom is 0.252 e. The fourth-order valence-corrected chi connectivity index (χ4v) is 6.62. The molecule has 2 amide bonds. The van der Waals surface area contributed by atoms with Crippen LogP contribution in [-0.2, 0) is 45.1 Å². The number of benzene rings is 4. The van der Waals surface area contributed by atoms with Crippen LogP contribution in [-0.4, -0.2) is 68.9 Å². The molecular formula is C38H36F4N2O8. The van der Waals surface area contributed by atoms with Gasteiger partial charge in [-0.2, -0.15) is 0 Å². The highest BCUT2D eigenvalue weighted by Crippen LogP contribution is 2.33. The van der Waals surface area contributed by atoms with E-state index in [0.717, 1.165) is 35.4 Å². The number of carbonyl (C=O) groups excluding carboxylic acids is 2. The van der Waals surface area contributed by atoms with Gasteiger partial charge in [-0.3, -0.25) is 9.59 Å². The van der Waals surface area contributed by atoms with Gasteiger partial charge in [-0.1, -0.05) is 60.7 Å². The first-order valence-corrected chi connectivity index (χ1v) is 16.5. The predicted octanol–water partition coefficient (Wildman–Crippen LogP) is 2.98. The lowest BCUT2D eigenvalue weighted by Crippen LogP contribution is -2.57. The van der Waals surface area contributed by atoms with E-state index in [0.29, 0.717) is 23.3 Å². The standard InChI is InChI=1S/C38H36F4N2O8/c39-23-11-9-21(27(41)15-23)17-51-35(37(49)43-31-25-7-3-1-5-19(25)13-29(31)45)33(47)34(48)36(52-18-22-10-12-24(40)16-28(22)42)38(50)44-32-26-8-4-2-6-20(26)14-30(32)46/h1-12,15-16,29-36,45-48H,13-14,17-18H2,(H,43,49)(H,44,50)/t29-,30-,31+,32+,33-,34-,35-,36-/m1/s1. The zero-order valence-electron chi connectivity index (χ0n) is 27.5. The first kappa shape index (κ1) is 37.1. The molecule has 2 aliphatic carbocycles. The molecule has 10 nitrogen and oxygen atoms in total. The average Bonchev–Trinajstić information content (AvgIpc) is 3.60. The van der Waals surface area contributed by atoms with Gasteiger partial charge in [-0.25, -0.2) is 17.6 Å². The van der Waals surface area contributed by atoms with Crippen molar-refractivity contribution in [3.8, 4) is 0 Å². The molecule has 0 unspecified atom stereocenters. The highest BCUT2D eigenvalue weighted by molar-refractivity contribution is 5.84. The predicted molar refractivity (Wildman–Crippen MR) is 176 cm³/mol. The summed E-state index contributed by atoms with van der Waals surface area (Å²) in [5, 5.41) is 49.9. The van der Waals surface area contributed by atoms with Crippen LogP contribution < -0.4 is 10.6 Å². The highest BCUT2D eigenvalue weighted by atomic mass is 19.1. The van der Waals surface area contributed by atoms with Crippen LogP contribution in [0.3, 0.4) is 0 Å². The molecule has 0 saturated heterocycles. The van der Waals surface area contributed by atoms with Gasteiger partial charge in [0.25, 0.3) is 11.8 Å². The maximum atomic E-state index is 14.6. The number of fused-ring (bicyclic) bond motifs is 2. The van der Waals surface area contributed by atoms with E-state index in [2.05, 4.69) is 10.6 Å². The SMILES string of the molecule is O=C(N[C@H]1c2ccccc2C[C@H]1O)[C@H](OCc1ccc(F)cc1F)[C@H](O)[C@@H](O)[C@@H](OCc1ccc(F)cc1F)C(=O)N[C@H]1c2ccccc2C[C@H]1O. The number of nitrogens with one attached hydrogen (secondary N) is 2. The topological polar surface area (TPSA) is 158 Å². The largest absolute Gasteiger partial charge is 0.390 e. The minimum atomic E-state index is -2.30. The fourth-order valence-electron chi connectivity index (χ4n) is 6.62. The Morgan fingerprint density at radius 3 is 1.40 bits per heavy atom. The minimum absolute atomic E-state index is 0.199. The van der Waals surface area contributed by atoms with Crippen LogP contribution in [0, 0.1) is 23.3 Å². The van der Waals surface area contributed by atoms with Crippen LogP contribution in [0.2, 0.25) is 0 Å². The van der Waals surface area contributed by atoms with Crippen molar-refractivity contribution in [3.63, 3.8) is 0 Å². The van der Waals surface area contributed by atoms with Crippen molar-refractivity contribution >= 4 is 11.8 Å². The number of hydrogen-bond acceptors (Lipinski definition) is 8. The lowest BCUT2D eigenvalue weighted by molar-refractivity contribution is -0.171. The molecule has 4 aromatic carbocycles. The Morgan fingerprint density at radius 1 is 0.635 bits per heavy atom. The van der Waals surface area contributed by atoms with Gasteiger partial charge < -0.3 is 40.5 Å². The van der Waals surface area contributed by atoms with Crippen molar-refractivity contribution in [1.82, 2.24) is 10.6 Å². The van der Waals surface area contributed by atoms with E-state index in [1.807, 2.05) is 0 Å². The third-order valence-electron chi connectivity index (χ3n) is 9.36. The van der Waals surface area contributed by atoms with Crippen LogP contribution >= 0.6 is 0 Å². The molecular weight excluding hydrogens is 688 g/mol. The lowest BCUT2D eigenvalue weighted by Gasteiger charge is -2.32. The molecule has 4 aromatic rings. The van der Waals surface area contributed by atoms with E-state index < -0.39 is 97.0 Å². The molecule has 0 aliphatic heterocycles. The smallest absolute Gasteiger partial charge is 0.252 e. The van der Waals surface area contributed by atoms with E-state index in [4.69, 9.17) is 9.47 Å². The van der Waals surface area contributed by atoms with Gasteiger partial charge in [0.15, 0.2) is 12.2 Å². The van der Waals surface area contributed by atoms with Gasteiger partial charge in [0.1, 0.15) is 35.5 Å². The monoisotopic (exact) mass is 724 g/mol. The number of aliphatic hydroxyl groups is 4. The summed E-state index contributed by atoms with van der Waals surface area (Å²) in [6.07, 6.45) is -10.5. The molecule has 8 atom stereocenters. The number of aliphatic hydroxyl groups excluding tert-OH is 4. The van der Waals surface area contributed by atoms with Crippen molar-refractivity contribution < 1.29 is 57.1 Å². The molecule has 0 radical (unpaired) electrons. The molecule has 0 spiro atoms. The average molecular weight is 725 g/mol. The van der Waals surface area contributed by atoms with Gasteiger partial charge in [-0.15, -0.1) is 0 Å². The number of ether oxygens (including phenoxy) is 2. The van der Waals surface area contributed by atoms with Crippen molar-refractivity contribution in [3.05, 3.63) is 142 Å². The quantitative estimate of drug-likeness (QED) is 0.115. The molecule has 6 rings (SSSR count). The van der Waals surface area contributed by atoms with Gasteiger partial charge in [0.05, 0.1) is 37.5 Å². The van der Waals surface area contributed by atoms with Gasteiger partial charge in [0, 0.05) is 36.1 Å². The second-order valence-corrected chi connectivity index (χ2v) is 12.8. The lowest BCUT2D eigenvalue weighted by atomic mass is 9.99. The Bertz CT molecular complexity index is 1790. The Kier molecular flexibility index (Phi) is 11.3. The van der Waals surface area contributed by atoms with Crippen molar-refractivity contribution in [2.24, 2.45) is 0 Å². The molecule has 14 heteroatoms. The summed E-state index contributed by atoms with van der Waals surface area (Å²) >= 11 is 0. The number of rotatable bonds is 13. The van der Waals surface area contributed by atoms with E-state index in [9.17, 15) is 47.6 Å². The van der Waals surface area contributed by atoms with Crippen molar-refractivity contribution in [2.75, 3.05) is 0 Å². The summed E-state index contributed by atoms with van der Waals surface area (Å²) in [5.74, 6) is -5.94. The molecule has 0 saturated carbocycles. The molecule has 2 aliphatic rings. The Morgan fingerprint density at radius 2 is 1.02 bits per heavy atom. The molecule has 0 fully saturated rings. The number of carbonyl (C=O) groups is 2.